The first-order valence-corrected chi connectivity index (χ1v) is 6.04. The van der Waals surface area contributed by atoms with E-state index in [-0.39, 0.29) is 23.0 Å². The summed E-state index contributed by atoms with van der Waals surface area (Å²) >= 11 is 0. The van der Waals surface area contributed by atoms with E-state index in [0.29, 0.717) is 5.69 Å². The molecule has 4 nitrogen and oxygen atoms in total. The van der Waals surface area contributed by atoms with Crippen molar-refractivity contribution in [1.29, 1.82) is 0 Å². The maximum atomic E-state index is 11.8. The van der Waals surface area contributed by atoms with Crippen LogP contribution in [0.15, 0.2) is 48.5 Å². The van der Waals surface area contributed by atoms with Gasteiger partial charge in [0.25, 0.3) is 5.91 Å². The number of hydrogen-bond donors (Lipinski definition) is 3. The summed E-state index contributed by atoms with van der Waals surface area (Å²) in [6.07, 6.45) is 0. The first-order valence-electron chi connectivity index (χ1n) is 6.04. The first-order chi connectivity index (χ1) is 9.15. The average Bonchev–Trinajstić information content (AvgIpc) is 2.41. The standard InChI is InChI=1S/C13H11NO3.C2H6/c15-11-6-9(7-12(16)8-11)13(17)14-10-4-2-1-3-5-10;1-2/h1-8,15-16H,(H,14,17);1-2H3. The summed E-state index contributed by atoms with van der Waals surface area (Å²) in [5, 5.41) is 21.2. The zero-order valence-corrected chi connectivity index (χ0v) is 10.9. The van der Waals surface area contributed by atoms with Crippen molar-refractivity contribution in [1.82, 2.24) is 0 Å². The summed E-state index contributed by atoms with van der Waals surface area (Å²) < 4.78 is 0. The highest BCUT2D eigenvalue weighted by Gasteiger charge is 2.08. The van der Waals surface area contributed by atoms with E-state index < -0.39 is 0 Å². The van der Waals surface area contributed by atoms with E-state index >= 15 is 0 Å². The molecular formula is C15H17NO3. The number of carbonyl (C=O) groups is 1. The Balaban J connectivity index is 0.000000861. The van der Waals surface area contributed by atoms with Crippen molar-refractivity contribution >= 4 is 11.6 Å². The van der Waals surface area contributed by atoms with E-state index in [1.54, 1.807) is 24.3 Å². The number of benzene rings is 2. The van der Waals surface area contributed by atoms with Crippen molar-refractivity contribution in [3.05, 3.63) is 54.1 Å². The molecule has 0 aromatic heterocycles. The molecule has 0 fully saturated rings. The van der Waals surface area contributed by atoms with E-state index in [2.05, 4.69) is 5.32 Å². The topological polar surface area (TPSA) is 69.6 Å². The quantitative estimate of drug-likeness (QED) is 0.774. The van der Waals surface area contributed by atoms with Crippen molar-refractivity contribution in [2.45, 2.75) is 13.8 Å². The zero-order chi connectivity index (χ0) is 14.3. The molecule has 0 aliphatic carbocycles. The molecule has 0 heterocycles. The number of anilines is 1. The molecule has 0 saturated heterocycles. The normalized spacial score (nSPS) is 9.16. The molecule has 0 aliphatic rings. The smallest absolute Gasteiger partial charge is 0.255 e. The maximum Gasteiger partial charge on any atom is 0.255 e. The van der Waals surface area contributed by atoms with E-state index in [1.807, 2.05) is 19.9 Å². The molecule has 1 amide bonds. The summed E-state index contributed by atoms with van der Waals surface area (Å²) in [7, 11) is 0. The minimum atomic E-state index is -0.387. The van der Waals surface area contributed by atoms with Crippen LogP contribution in [-0.2, 0) is 0 Å². The predicted octanol–water partition coefficient (Wildman–Crippen LogP) is 3.38. The Bertz CT molecular complexity index is 518. The molecule has 4 heteroatoms. The fourth-order valence-electron chi connectivity index (χ4n) is 1.45. The largest absolute Gasteiger partial charge is 0.508 e. The van der Waals surface area contributed by atoms with Crippen LogP contribution >= 0.6 is 0 Å². The molecule has 0 bridgehead atoms. The van der Waals surface area contributed by atoms with Gasteiger partial charge in [-0.1, -0.05) is 32.0 Å². The summed E-state index contributed by atoms with van der Waals surface area (Å²) in [6.45, 7) is 4.00. The number of carbonyl (C=O) groups excluding carboxylic acids is 1. The Morgan fingerprint density at radius 2 is 1.47 bits per heavy atom. The van der Waals surface area contributed by atoms with E-state index in [0.717, 1.165) is 0 Å². The number of phenols is 2. The Hall–Kier alpha value is -2.49. The molecule has 0 radical (unpaired) electrons. The van der Waals surface area contributed by atoms with E-state index in [9.17, 15) is 15.0 Å². The van der Waals surface area contributed by atoms with Gasteiger partial charge in [0.1, 0.15) is 11.5 Å². The van der Waals surface area contributed by atoms with Gasteiger partial charge < -0.3 is 15.5 Å². The van der Waals surface area contributed by atoms with Crippen LogP contribution in [-0.4, -0.2) is 16.1 Å². The van der Waals surface area contributed by atoms with Gasteiger partial charge in [-0.25, -0.2) is 0 Å². The Morgan fingerprint density at radius 1 is 0.947 bits per heavy atom. The highest BCUT2D eigenvalue weighted by molar-refractivity contribution is 6.04. The molecule has 0 saturated carbocycles. The molecule has 0 atom stereocenters. The highest BCUT2D eigenvalue weighted by Crippen LogP contribution is 2.21. The number of rotatable bonds is 2. The maximum absolute atomic E-state index is 11.8. The van der Waals surface area contributed by atoms with Crippen LogP contribution < -0.4 is 5.32 Å². The third kappa shape index (κ3) is 4.35. The molecule has 0 unspecified atom stereocenters. The molecule has 2 rings (SSSR count). The second-order valence-corrected chi connectivity index (χ2v) is 3.56. The van der Waals surface area contributed by atoms with Crippen LogP contribution in [0, 0.1) is 0 Å². The van der Waals surface area contributed by atoms with Gasteiger partial charge in [0.05, 0.1) is 0 Å². The fourth-order valence-corrected chi connectivity index (χ4v) is 1.45. The lowest BCUT2D eigenvalue weighted by atomic mass is 10.2. The molecule has 0 spiro atoms. The number of phenolic OH excluding ortho intramolecular Hbond substituents is 2. The SMILES string of the molecule is CC.O=C(Nc1ccccc1)c1cc(O)cc(O)c1. The third-order valence-electron chi connectivity index (χ3n) is 2.20. The number of aromatic hydroxyl groups is 2. The van der Waals surface area contributed by atoms with Crippen molar-refractivity contribution in [2.24, 2.45) is 0 Å². The summed E-state index contributed by atoms with van der Waals surface area (Å²) in [5.41, 5.74) is 0.853. The van der Waals surface area contributed by atoms with Crippen molar-refractivity contribution in [3.8, 4) is 11.5 Å². The fraction of sp³-hybridized carbons (Fsp3) is 0.133. The first kappa shape index (κ1) is 14.6. The average molecular weight is 259 g/mol. The summed E-state index contributed by atoms with van der Waals surface area (Å²) in [4.78, 5) is 11.8. The second kappa shape index (κ2) is 7.06. The lowest BCUT2D eigenvalue weighted by molar-refractivity contribution is 0.102. The summed E-state index contributed by atoms with van der Waals surface area (Å²) in [5.74, 6) is -0.686. The third-order valence-corrected chi connectivity index (χ3v) is 2.20. The van der Waals surface area contributed by atoms with Crippen LogP contribution in [0.2, 0.25) is 0 Å². The number of amides is 1. The molecule has 3 N–H and O–H groups in total. The lowest BCUT2D eigenvalue weighted by Crippen LogP contribution is -2.11. The molecule has 19 heavy (non-hydrogen) atoms. The van der Waals surface area contributed by atoms with Gasteiger partial charge in [-0.05, 0) is 24.3 Å². The van der Waals surface area contributed by atoms with Crippen molar-refractivity contribution < 1.29 is 15.0 Å². The summed E-state index contributed by atoms with van der Waals surface area (Å²) in [6, 6.07) is 12.7. The van der Waals surface area contributed by atoms with Crippen LogP contribution in [0.5, 0.6) is 11.5 Å². The van der Waals surface area contributed by atoms with Gasteiger partial charge in [-0.2, -0.15) is 0 Å². The minimum Gasteiger partial charge on any atom is -0.508 e. The Kier molecular flexibility index (Phi) is 5.41. The van der Waals surface area contributed by atoms with E-state index in [4.69, 9.17) is 0 Å². The predicted molar refractivity (Wildman–Crippen MR) is 75.5 cm³/mol. The molecule has 100 valence electrons. The monoisotopic (exact) mass is 259 g/mol. The van der Waals surface area contributed by atoms with Gasteiger partial charge in [0, 0.05) is 17.3 Å². The van der Waals surface area contributed by atoms with Gasteiger partial charge in [0.2, 0.25) is 0 Å². The number of hydrogen-bond acceptors (Lipinski definition) is 3. The highest BCUT2D eigenvalue weighted by atomic mass is 16.3. The van der Waals surface area contributed by atoms with Crippen LogP contribution in [0.1, 0.15) is 24.2 Å². The lowest BCUT2D eigenvalue weighted by Gasteiger charge is -2.05. The zero-order valence-electron chi connectivity index (χ0n) is 10.9. The van der Waals surface area contributed by atoms with Crippen LogP contribution in [0.25, 0.3) is 0 Å². The Labute approximate surface area is 112 Å². The Morgan fingerprint density at radius 3 is 2.00 bits per heavy atom. The van der Waals surface area contributed by atoms with Crippen molar-refractivity contribution in [3.63, 3.8) is 0 Å². The second-order valence-electron chi connectivity index (χ2n) is 3.56. The number of nitrogens with one attached hydrogen (secondary N) is 1. The molecule has 2 aromatic rings. The van der Waals surface area contributed by atoms with Crippen LogP contribution in [0.3, 0.4) is 0 Å². The van der Waals surface area contributed by atoms with Crippen LogP contribution in [0.4, 0.5) is 5.69 Å². The number of para-hydroxylation sites is 1. The molecular weight excluding hydrogens is 242 g/mol. The molecule has 0 aliphatic heterocycles. The molecule has 2 aromatic carbocycles. The minimum absolute atomic E-state index is 0.150. The van der Waals surface area contributed by atoms with Gasteiger partial charge in [-0.15, -0.1) is 0 Å². The van der Waals surface area contributed by atoms with Gasteiger partial charge in [-0.3, -0.25) is 4.79 Å². The van der Waals surface area contributed by atoms with Crippen molar-refractivity contribution in [2.75, 3.05) is 5.32 Å². The van der Waals surface area contributed by atoms with Gasteiger partial charge in [0.15, 0.2) is 0 Å². The van der Waals surface area contributed by atoms with E-state index in [1.165, 1.54) is 18.2 Å². The van der Waals surface area contributed by atoms with Gasteiger partial charge >= 0.3 is 0 Å².